The summed E-state index contributed by atoms with van der Waals surface area (Å²) in [6.07, 6.45) is 1.27. The highest BCUT2D eigenvalue weighted by Gasteiger charge is 2.61. The molecule has 3 atom stereocenters. The Hall–Kier alpha value is -2.19. The van der Waals surface area contributed by atoms with Crippen molar-refractivity contribution in [1.29, 1.82) is 0 Å². The highest BCUT2D eigenvalue weighted by atomic mass is 35.5. The number of sulfone groups is 1. The fourth-order valence-electron chi connectivity index (χ4n) is 5.49. The summed E-state index contributed by atoms with van der Waals surface area (Å²) in [4.78, 5) is 13.7. The van der Waals surface area contributed by atoms with Crippen molar-refractivity contribution in [2.45, 2.75) is 42.8 Å². The molecule has 5 nitrogen and oxygen atoms in total. The smallest absolute Gasteiger partial charge is 0.219 e. The predicted octanol–water partition coefficient (Wildman–Crippen LogP) is 4.96. The number of rotatable bonds is 5. The molecule has 2 aliphatic rings. The zero-order valence-corrected chi connectivity index (χ0v) is 20.1. The molecular weight excluding hydrogens is 472 g/mol. The number of halogens is 3. The quantitative estimate of drug-likeness (QED) is 0.585. The van der Waals surface area contributed by atoms with Gasteiger partial charge in [0.2, 0.25) is 5.91 Å². The Morgan fingerprint density at radius 1 is 1.18 bits per heavy atom. The van der Waals surface area contributed by atoms with Crippen LogP contribution in [0.1, 0.15) is 38.7 Å². The second-order valence-electron chi connectivity index (χ2n) is 8.71. The van der Waals surface area contributed by atoms with Crippen molar-refractivity contribution in [3.63, 3.8) is 0 Å². The van der Waals surface area contributed by atoms with Gasteiger partial charge in [-0.15, -0.1) is 0 Å². The maximum Gasteiger partial charge on any atom is 0.219 e. The maximum absolute atomic E-state index is 15.4. The normalized spacial score (nSPS) is 24.4. The summed E-state index contributed by atoms with van der Waals surface area (Å²) in [5, 5.41) is 0.370. The summed E-state index contributed by atoms with van der Waals surface area (Å²) in [5.74, 6) is -3.00. The van der Waals surface area contributed by atoms with Gasteiger partial charge in [-0.3, -0.25) is 4.79 Å². The van der Waals surface area contributed by atoms with E-state index in [1.165, 1.54) is 31.2 Å². The first-order chi connectivity index (χ1) is 15.6. The van der Waals surface area contributed by atoms with E-state index in [1.807, 2.05) is 6.92 Å². The Labute approximate surface area is 197 Å². The van der Waals surface area contributed by atoms with Crippen LogP contribution in [0, 0.1) is 23.5 Å². The van der Waals surface area contributed by atoms with E-state index in [0.29, 0.717) is 31.0 Å². The van der Waals surface area contributed by atoms with Crippen LogP contribution in [0.5, 0.6) is 5.75 Å². The van der Waals surface area contributed by atoms with E-state index in [4.69, 9.17) is 16.3 Å². The molecule has 4 rings (SSSR count). The van der Waals surface area contributed by atoms with Gasteiger partial charge in [0.05, 0.1) is 17.1 Å². The number of carbonyl (C=O) groups is 1. The monoisotopic (exact) mass is 497 g/mol. The first-order valence-corrected chi connectivity index (χ1v) is 12.9. The average Bonchev–Trinajstić information content (AvgIpc) is 2.79. The fourth-order valence-corrected chi connectivity index (χ4v) is 8.06. The van der Waals surface area contributed by atoms with Crippen LogP contribution >= 0.6 is 11.6 Å². The fraction of sp³-hybridized carbons (Fsp3) is 0.458. The molecule has 1 saturated carbocycles. The number of fused-ring (bicyclic) bond motifs is 3. The first kappa shape index (κ1) is 24.0. The Kier molecular flexibility index (Phi) is 6.44. The molecule has 0 unspecified atom stereocenters. The van der Waals surface area contributed by atoms with E-state index < -0.39 is 32.1 Å². The van der Waals surface area contributed by atoms with E-state index >= 15 is 4.39 Å². The summed E-state index contributed by atoms with van der Waals surface area (Å²) in [5.41, 5.74) is -0.246. The van der Waals surface area contributed by atoms with Crippen molar-refractivity contribution in [3.8, 4) is 5.75 Å². The summed E-state index contributed by atoms with van der Waals surface area (Å²) in [6, 6.07) is 7.64. The highest BCUT2D eigenvalue weighted by Crippen LogP contribution is 2.58. The number of benzene rings is 2. The lowest BCUT2D eigenvalue weighted by molar-refractivity contribution is -0.130. The number of nitrogens with zero attached hydrogens (tertiary/aromatic N) is 1. The molecule has 2 aromatic rings. The van der Waals surface area contributed by atoms with Gasteiger partial charge < -0.3 is 9.64 Å². The van der Waals surface area contributed by atoms with E-state index in [0.717, 1.165) is 12.1 Å². The highest BCUT2D eigenvalue weighted by molar-refractivity contribution is 7.92. The van der Waals surface area contributed by atoms with Crippen molar-refractivity contribution in [2.75, 3.05) is 19.7 Å². The van der Waals surface area contributed by atoms with Crippen LogP contribution < -0.4 is 4.74 Å². The third-order valence-corrected chi connectivity index (χ3v) is 9.88. The molecule has 1 fully saturated rings. The summed E-state index contributed by atoms with van der Waals surface area (Å²) < 4.78 is 62.6. The SMILES string of the molecule is CCN(C[C@@H]1CCC[C@@]2(S(=O)(=O)c3ccc(Cl)cc3)c3c(F)ccc(F)c3OC[C@@H]12)C(C)=O. The number of hydrogen-bond acceptors (Lipinski definition) is 4. The molecule has 2 aromatic carbocycles. The van der Waals surface area contributed by atoms with Gasteiger partial charge >= 0.3 is 0 Å². The molecule has 1 aliphatic heterocycles. The molecule has 0 aromatic heterocycles. The van der Waals surface area contributed by atoms with Gasteiger partial charge in [-0.2, -0.15) is 0 Å². The Morgan fingerprint density at radius 2 is 1.85 bits per heavy atom. The molecule has 0 N–H and O–H groups in total. The Bertz CT molecular complexity index is 1170. The topological polar surface area (TPSA) is 63.7 Å². The lowest BCUT2D eigenvalue weighted by Gasteiger charge is -2.51. The zero-order valence-electron chi connectivity index (χ0n) is 18.5. The molecule has 9 heteroatoms. The zero-order chi connectivity index (χ0) is 24.0. The molecule has 0 bridgehead atoms. The molecule has 1 amide bonds. The second-order valence-corrected chi connectivity index (χ2v) is 11.4. The molecular formula is C24H26ClF2NO4S. The average molecular weight is 498 g/mol. The lowest BCUT2D eigenvalue weighted by Crippen LogP contribution is -2.56. The van der Waals surface area contributed by atoms with Gasteiger partial charge in [0.25, 0.3) is 0 Å². The van der Waals surface area contributed by atoms with Crippen LogP contribution in [-0.4, -0.2) is 38.9 Å². The molecule has 0 spiro atoms. The first-order valence-electron chi connectivity index (χ1n) is 11.0. The largest absolute Gasteiger partial charge is 0.490 e. The third kappa shape index (κ3) is 3.81. The van der Waals surface area contributed by atoms with Gasteiger partial charge in [-0.05, 0) is 62.1 Å². The van der Waals surface area contributed by atoms with Crippen LogP contribution in [-0.2, 0) is 19.4 Å². The minimum absolute atomic E-state index is 0.00650. The van der Waals surface area contributed by atoms with Crippen LogP contribution in [0.2, 0.25) is 5.02 Å². The molecule has 33 heavy (non-hydrogen) atoms. The van der Waals surface area contributed by atoms with Gasteiger partial charge in [0.15, 0.2) is 21.4 Å². The molecule has 0 radical (unpaired) electrons. The van der Waals surface area contributed by atoms with Gasteiger partial charge in [0.1, 0.15) is 10.6 Å². The molecule has 1 heterocycles. The van der Waals surface area contributed by atoms with Crippen LogP contribution in [0.15, 0.2) is 41.3 Å². The minimum Gasteiger partial charge on any atom is -0.490 e. The number of ether oxygens (including phenoxy) is 1. The van der Waals surface area contributed by atoms with Crippen molar-refractivity contribution in [1.82, 2.24) is 4.90 Å². The molecule has 1 aliphatic carbocycles. The van der Waals surface area contributed by atoms with E-state index in [-0.39, 0.29) is 41.1 Å². The maximum atomic E-state index is 15.4. The number of hydrogen-bond donors (Lipinski definition) is 0. The van der Waals surface area contributed by atoms with Crippen molar-refractivity contribution in [2.24, 2.45) is 11.8 Å². The van der Waals surface area contributed by atoms with Crippen LogP contribution in [0.25, 0.3) is 0 Å². The number of amides is 1. The predicted molar refractivity (Wildman–Crippen MR) is 121 cm³/mol. The Balaban J connectivity index is 1.95. The molecule has 178 valence electrons. The minimum atomic E-state index is -4.20. The van der Waals surface area contributed by atoms with E-state index in [1.54, 1.807) is 4.90 Å². The van der Waals surface area contributed by atoms with Crippen molar-refractivity contribution < 1.29 is 26.7 Å². The van der Waals surface area contributed by atoms with Crippen molar-refractivity contribution >= 4 is 27.3 Å². The van der Waals surface area contributed by atoms with E-state index in [9.17, 15) is 17.6 Å². The van der Waals surface area contributed by atoms with Gasteiger partial charge in [0, 0.05) is 31.0 Å². The standard InChI is InChI=1S/C24H26ClF2NO4S/c1-3-28(15(2)29)13-16-5-4-12-24(33(30,31)18-8-6-17(25)7-9-18)19(16)14-32-23-21(27)11-10-20(26)22(23)24/h6-11,16,19H,3-5,12-14H2,1-2H3/t16-,19-,24-/m0/s1. The number of carbonyl (C=O) groups excluding carboxylic acids is 1. The Morgan fingerprint density at radius 3 is 2.48 bits per heavy atom. The molecule has 0 saturated heterocycles. The lowest BCUT2D eigenvalue weighted by atomic mass is 9.67. The third-order valence-electron chi connectivity index (χ3n) is 7.07. The van der Waals surface area contributed by atoms with Crippen LogP contribution in [0.3, 0.4) is 0 Å². The van der Waals surface area contributed by atoms with Gasteiger partial charge in [-0.25, -0.2) is 17.2 Å². The second kappa shape index (κ2) is 8.87. The van der Waals surface area contributed by atoms with E-state index in [2.05, 4.69) is 0 Å². The van der Waals surface area contributed by atoms with Crippen molar-refractivity contribution in [3.05, 3.63) is 58.6 Å². The van der Waals surface area contributed by atoms with Crippen LogP contribution in [0.4, 0.5) is 8.78 Å². The van der Waals surface area contributed by atoms with Gasteiger partial charge in [-0.1, -0.05) is 18.0 Å². The summed E-state index contributed by atoms with van der Waals surface area (Å²) in [7, 11) is -4.20. The summed E-state index contributed by atoms with van der Waals surface area (Å²) >= 11 is 5.97. The summed E-state index contributed by atoms with van der Waals surface area (Å²) in [6.45, 7) is 4.02.